The molecule has 144 valence electrons. The van der Waals surface area contributed by atoms with Crippen molar-refractivity contribution in [2.45, 2.75) is 17.9 Å². The summed E-state index contributed by atoms with van der Waals surface area (Å²) in [7, 11) is 0. The number of carbonyl (C=O) groups excluding carboxylic acids is 1. The summed E-state index contributed by atoms with van der Waals surface area (Å²) >= 11 is 0. The van der Waals surface area contributed by atoms with Gasteiger partial charge in [0.2, 0.25) is 0 Å². The van der Waals surface area contributed by atoms with Crippen LogP contribution in [-0.4, -0.2) is 54.0 Å². The molecular weight excluding hydrogens is 358 g/mol. The number of hydrogen-bond acceptors (Lipinski definition) is 4. The first kappa shape index (κ1) is 17.3. The zero-order valence-corrected chi connectivity index (χ0v) is 15.3. The van der Waals surface area contributed by atoms with Crippen LogP contribution in [0.4, 0.5) is 4.79 Å². The molecule has 3 aliphatic rings. The summed E-state index contributed by atoms with van der Waals surface area (Å²) in [6.07, 6.45) is 0.0880. The second-order valence-corrected chi connectivity index (χ2v) is 7.89. The first-order valence-electron chi connectivity index (χ1n) is 9.53. The molecule has 2 aromatic carbocycles. The summed E-state index contributed by atoms with van der Waals surface area (Å²) < 4.78 is 11.3. The lowest BCUT2D eigenvalue weighted by Crippen LogP contribution is -2.63. The first-order valence-corrected chi connectivity index (χ1v) is 9.53. The minimum Gasteiger partial charge on any atom is -0.481 e. The molecule has 1 spiro atoms. The van der Waals surface area contributed by atoms with Crippen LogP contribution in [0.1, 0.15) is 23.5 Å². The number of likely N-dealkylation sites (tertiary alicyclic amines) is 1. The van der Waals surface area contributed by atoms with Crippen LogP contribution in [0.25, 0.3) is 11.1 Å². The van der Waals surface area contributed by atoms with E-state index in [9.17, 15) is 9.59 Å². The van der Waals surface area contributed by atoms with Crippen molar-refractivity contribution in [1.29, 1.82) is 0 Å². The Labute approximate surface area is 162 Å². The van der Waals surface area contributed by atoms with E-state index in [1.54, 1.807) is 4.90 Å². The van der Waals surface area contributed by atoms with Crippen molar-refractivity contribution < 1.29 is 24.2 Å². The number of carbonyl (C=O) groups is 2. The molecule has 1 amide bonds. The van der Waals surface area contributed by atoms with Gasteiger partial charge in [0, 0.05) is 5.92 Å². The molecule has 2 saturated heterocycles. The van der Waals surface area contributed by atoms with Gasteiger partial charge in [0.05, 0.1) is 25.6 Å². The molecule has 6 nitrogen and oxygen atoms in total. The van der Waals surface area contributed by atoms with Crippen molar-refractivity contribution in [3.8, 4) is 11.1 Å². The number of ether oxygens (including phenoxy) is 2. The highest BCUT2D eigenvalue weighted by Crippen LogP contribution is 2.45. The minimum absolute atomic E-state index is 0.0331. The molecule has 1 N–H and O–H groups in total. The van der Waals surface area contributed by atoms with E-state index in [1.807, 2.05) is 24.3 Å². The standard InChI is InChI=1S/C22H21NO5/c24-20(25)14-9-22(28-10-14)12-23(13-22)21(26)27-11-19-17-7-3-1-5-15(17)16-6-2-4-8-18(16)19/h1-8,14,19H,9-13H2,(H,24,25). The number of amides is 1. The summed E-state index contributed by atoms with van der Waals surface area (Å²) in [6.45, 7) is 1.30. The second-order valence-electron chi connectivity index (χ2n) is 7.89. The Hall–Kier alpha value is -2.86. The fourth-order valence-electron chi connectivity index (χ4n) is 4.69. The quantitative estimate of drug-likeness (QED) is 0.887. The molecule has 0 saturated carbocycles. The smallest absolute Gasteiger partial charge is 0.409 e. The van der Waals surface area contributed by atoms with Crippen molar-refractivity contribution in [1.82, 2.24) is 4.90 Å². The zero-order chi connectivity index (χ0) is 19.3. The van der Waals surface area contributed by atoms with Gasteiger partial charge in [-0.2, -0.15) is 0 Å². The van der Waals surface area contributed by atoms with Gasteiger partial charge in [-0.3, -0.25) is 4.79 Å². The van der Waals surface area contributed by atoms with Gasteiger partial charge in [0.25, 0.3) is 0 Å². The van der Waals surface area contributed by atoms with Crippen LogP contribution in [0.2, 0.25) is 0 Å². The topological polar surface area (TPSA) is 76.1 Å². The predicted molar refractivity (Wildman–Crippen MR) is 101 cm³/mol. The molecule has 0 radical (unpaired) electrons. The van der Waals surface area contributed by atoms with E-state index in [0.717, 1.165) is 0 Å². The van der Waals surface area contributed by atoms with Crippen LogP contribution in [0.15, 0.2) is 48.5 Å². The number of carboxylic acid groups (broad SMARTS) is 1. The highest BCUT2D eigenvalue weighted by atomic mass is 16.6. The van der Waals surface area contributed by atoms with Crippen molar-refractivity contribution in [2.75, 3.05) is 26.3 Å². The Morgan fingerprint density at radius 1 is 1.07 bits per heavy atom. The van der Waals surface area contributed by atoms with Crippen molar-refractivity contribution >= 4 is 12.1 Å². The number of nitrogens with zero attached hydrogens (tertiary/aromatic N) is 1. The largest absolute Gasteiger partial charge is 0.481 e. The van der Waals surface area contributed by atoms with Gasteiger partial charge in [0.15, 0.2) is 0 Å². The van der Waals surface area contributed by atoms with E-state index in [4.69, 9.17) is 14.6 Å². The van der Waals surface area contributed by atoms with E-state index in [1.165, 1.54) is 22.3 Å². The summed E-state index contributed by atoms with van der Waals surface area (Å²) in [5.41, 5.74) is 4.25. The average molecular weight is 379 g/mol. The fourth-order valence-corrected chi connectivity index (χ4v) is 4.69. The van der Waals surface area contributed by atoms with Gasteiger partial charge in [-0.25, -0.2) is 4.79 Å². The molecule has 1 aliphatic carbocycles. The van der Waals surface area contributed by atoms with Gasteiger partial charge in [-0.05, 0) is 28.7 Å². The number of fused-ring (bicyclic) bond motifs is 3. The van der Waals surface area contributed by atoms with E-state index in [0.29, 0.717) is 19.5 Å². The second kappa shape index (κ2) is 6.34. The fraction of sp³-hybridized carbons (Fsp3) is 0.364. The number of rotatable bonds is 3. The van der Waals surface area contributed by atoms with Crippen LogP contribution < -0.4 is 0 Å². The minimum atomic E-state index is -0.837. The van der Waals surface area contributed by atoms with Gasteiger partial charge >= 0.3 is 12.1 Å². The van der Waals surface area contributed by atoms with Gasteiger partial charge in [-0.15, -0.1) is 0 Å². The Morgan fingerprint density at radius 3 is 2.25 bits per heavy atom. The van der Waals surface area contributed by atoms with Crippen molar-refractivity contribution in [3.63, 3.8) is 0 Å². The van der Waals surface area contributed by atoms with E-state index >= 15 is 0 Å². The molecular formula is C22H21NO5. The predicted octanol–water partition coefficient (Wildman–Crippen LogP) is 3.11. The van der Waals surface area contributed by atoms with Crippen LogP contribution in [-0.2, 0) is 14.3 Å². The molecule has 1 unspecified atom stereocenters. The lowest BCUT2D eigenvalue weighted by atomic mass is 9.87. The Bertz CT molecular complexity index is 904. The maximum Gasteiger partial charge on any atom is 0.409 e. The average Bonchev–Trinajstić information content (AvgIpc) is 3.26. The first-order chi connectivity index (χ1) is 13.6. The molecule has 1 atom stereocenters. The van der Waals surface area contributed by atoms with Crippen LogP contribution in [0.5, 0.6) is 0 Å². The number of hydrogen-bond donors (Lipinski definition) is 1. The zero-order valence-electron chi connectivity index (χ0n) is 15.3. The summed E-state index contributed by atoms with van der Waals surface area (Å²) in [6, 6.07) is 16.4. The molecule has 2 heterocycles. The van der Waals surface area contributed by atoms with Crippen molar-refractivity contribution in [2.24, 2.45) is 5.92 Å². The number of carboxylic acids is 1. The normalized spacial score (nSPS) is 21.9. The highest BCUT2D eigenvalue weighted by Gasteiger charge is 2.53. The Kier molecular flexibility index (Phi) is 3.91. The van der Waals surface area contributed by atoms with E-state index in [2.05, 4.69) is 24.3 Å². The highest BCUT2D eigenvalue weighted by molar-refractivity contribution is 5.79. The molecule has 0 aromatic heterocycles. The lowest BCUT2D eigenvalue weighted by molar-refractivity contribution is -0.141. The molecule has 5 rings (SSSR count). The SMILES string of the molecule is O=C(O)C1COC2(C1)CN(C(=O)OCC1c3ccccc3-c3ccccc31)C2. The van der Waals surface area contributed by atoms with Gasteiger partial charge < -0.3 is 19.5 Å². The van der Waals surface area contributed by atoms with Crippen LogP contribution in [0.3, 0.4) is 0 Å². The van der Waals surface area contributed by atoms with E-state index in [-0.39, 0.29) is 25.2 Å². The number of benzene rings is 2. The van der Waals surface area contributed by atoms with Gasteiger partial charge in [0.1, 0.15) is 12.2 Å². The monoisotopic (exact) mass is 379 g/mol. The maximum atomic E-state index is 12.5. The Balaban J connectivity index is 1.23. The molecule has 0 bridgehead atoms. The van der Waals surface area contributed by atoms with Crippen molar-refractivity contribution in [3.05, 3.63) is 59.7 Å². The molecule has 2 aliphatic heterocycles. The van der Waals surface area contributed by atoms with Gasteiger partial charge in [-0.1, -0.05) is 48.5 Å². The summed E-state index contributed by atoms with van der Waals surface area (Å²) in [5, 5.41) is 9.12. The molecule has 28 heavy (non-hydrogen) atoms. The van der Waals surface area contributed by atoms with Crippen LogP contribution in [0, 0.1) is 5.92 Å². The molecule has 2 fully saturated rings. The third-order valence-corrected chi connectivity index (χ3v) is 6.11. The summed E-state index contributed by atoms with van der Waals surface area (Å²) in [5.74, 6) is -1.29. The third kappa shape index (κ3) is 2.67. The maximum absolute atomic E-state index is 12.5. The third-order valence-electron chi connectivity index (χ3n) is 6.11. The summed E-state index contributed by atoms with van der Waals surface area (Å²) in [4.78, 5) is 25.2. The van der Waals surface area contributed by atoms with E-state index < -0.39 is 17.5 Å². The van der Waals surface area contributed by atoms with Crippen LogP contribution >= 0.6 is 0 Å². The molecule has 2 aromatic rings. The Morgan fingerprint density at radius 2 is 1.68 bits per heavy atom. The lowest BCUT2D eigenvalue weighted by Gasteiger charge is -2.46. The molecule has 6 heteroatoms. The number of aliphatic carboxylic acids is 1.